The Morgan fingerprint density at radius 1 is 0.964 bits per heavy atom. The molecule has 2 aromatic carbocycles. The van der Waals surface area contributed by atoms with Gasteiger partial charge in [-0.1, -0.05) is 42.5 Å². The van der Waals surface area contributed by atoms with Crippen molar-refractivity contribution in [2.75, 3.05) is 18.4 Å². The zero-order chi connectivity index (χ0) is 20.4. The van der Waals surface area contributed by atoms with Crippen LogP contribution < -0.4 is 10.6 Å². The average molecular weight is 383 g/mol. The predicted octanol–water partition coefficient (Wildman–Crippen LogP) is 4.83. The Morgan fingerprint density at radius 3 is 2.43 bits per heavy atom. The summed E-state index contributed by atoms with van der Waals surface area (Å²) in [4.78, 5) is 24.0. The lowest BCUT2D eigenvalue weighted by atomic mass is 10.1. The summed E-state index contributed by atoms with van der Waals surface area (Å²) < 4.78 is 5.16. The fraction of sp³-hybridized carbons (Fsp3) is 0.391. The van der Waals surface area contributed by atoms with Gasteiger partial charge in [0.1, 0.15) is 5.60 Å². The fourth-order valence-electron chi connectivity index (χ4n) is 2.71. The number of ether oxygens (including phenoxy) is 1. The van der Waals surface area contributed by atoms with Crippen LogP contribution in [0.15, 0.2) is 54.6 Å². The van der Waals surface area contributed by atoms with Gasteiger partial charge in [0.05, 0.1) is 0 Å². The van der Waals surface area contributed by atoms with Crippen LogP contribution >= 0.6 is 0 Å². The smallest absolute Gasteiger partial charge is 0.407 e. The van der Waals surface area contributed by atoms with Gasteiger partial charge in [0.15, 0.2) is 5.78 Å². The molecule has 5 nitrogen and oxygen atoms in total. The molecule has 0 saturated carbocycles. The Bertz CT molecular complexity index is 767. The molecule has 0 bridgehead atoms. The van der Waals surface area contributed by atoms with Crippen LogP contribution in [0.3, 0.4) is 0 Å². The van der Waals surface area contributed by atoms with Gasteiger partial charge in [-0.15, -0.1) is 0 Å². The topological polar surface area (TPSA) is 67.4 Å². The maximum absolute atomic E-state index is 12.4. The Hall–Kier alpha value is -2.82. The number of ketones is 1. The monoisotopic (exact) mass is 382 g/mol. The Morgan fingerprint density at radius 2 is 1.71 bits per heavy atom. The standard InChI is InChI=1S/C23H30N2O3/c1-23(2,3)28-22(27)25-16-14-21(26)19-12-7-13-20(17-19)24-15-8-11-18-9-5-4-6-10-18/h4-7,9-10,12-13,17,24H,8,11,14-16H2,1-3H3,(H,25,27). The van der Waals surface area contributed by atoms with E-state index >= 15 is 0 Å². The number of amides is 1. The number of alkyl carbamates (subject to hydrolysis) is 1. The number of aryl methyl sites for hydroxylation is 1. The molecular formula is C23H30N2O3. The highest BCUT2D eigenvalue weighted by Crippen LogP contribution is 2.13. The summed E-state index contributed by atoms with van der Waals surface area (Å²) >= 11 is 0. The first-order valence-corrected chi connectivity index (χ1v) is 9.71. The SMILES string of the molecule is CC(C)(C)OC(=O)NCCC(=O)c1cccc(NCCCc2ccccc2)c1. The van der Waals surface area contributed by atoms with Gasteiger partial charge in [-0.25, -0.2) is 4.79 Å². The van der Waals surface area contributed by atoms with E-state index in [0.29, 0.717) is 5.56 Å². The number of anilines is 1. The van der Waals surface area contributed by atoms with Crippen molar-refractivity contribution in [2.45, 2.75) is 45.6 Å². The molecule has 0 aliphatic carbocycles. The van der Waals surface area contributed by atoms with Crippen molar-refractivity contribution in [1.82, 2.24) is 5.32 Å². The summed E-state index contributed by atoms with van der Waals surface area (Å²) in [5, 5.41) is 5.98. The van der Waals surface area contributed by atoms with E-state index in [-0.39, 0.29) is 18.7 Å². The third-order valence-electron chi connectivity index (χ3n) is 4.02. The lowest BCUT2D eigenvalue weighted by molar-refractivity contribution is 0.0527. The van der Waals surface area contributed by atoms with E-state index in [1.807, 2.05) is 24.3 Å². The molecule has 0 heterocycles. The number of carbonyl (C=O) groups excluding carboxylic acids is 2. The third-order valence-corrected chi connectivity index (χ3v) is 4.02. The molecule has 28 heavy (non-hydrogen) atoms. The highest BCUT2D eigenvalue weighted by atomic mass is 16.6. The van der Waals surface area contributed by atoms with E-state index in [9.17, 15) is 9.59 Å². The van der Waals surface area contributed by atoms with Crippen molar-refractivity contribution in [3.8, 4) is 0 Å². The number of nitrogens with one attached hydrogen (secondary N) is 2. The van der Waals surface area contributed by atoms with E-state index in [2.05, 4.69) is 34.9 Å². The van der Waals surface area contributed by atoms with Crippen LogP contribution in [0.4, 0.5) is 10.5 Å². The second-order valence-corrected chi connectivity index (χ2v) is 7.70. The predicted molar refractivity (Wildman–Crippen MR) is 113 cm³/mol. The van der Waals surface area contributed by atoms with Crippen LogP contribution in [-0.2, 0) is 11.2 Å². The Labute approximate surface area is 167 Å². The van der Waals surface area contributed by atoms with Crippen molar-refractivity contribution in [1.29, 1.82) is 0 Å². The summed E-state index contributed by atoms with van der Waals surface area (Å²) in [7, 11) is 0. The first kappa shape index (κ1) is 21.5. The summed E-state index contributed by atoms with van der Waals surface area (Å²) in [6.45, 7) is 6.50. The van der Waals surface area contributed by atoms with Gasteiger partial charge in [0.2, 0.25) is 0 Å². The molecule has 2 aromatic rings. The van der Waals surface area contributed by atoms with Crippen LogP contribution in [-0.4, -0.2) is 30.6 Å². The molecular weight excluding hydrogens is 352 g/mol. The zero-order valence-corrected chi connectivity index (χ0v) is 17.0. The van der Waals surface area contributed by atoms with Gasteiger partial charge in [0, 0.05) is 30.8 Å². The summed E-state index contributed by atoms with van der Waals surface area (Å²) in [6, 6.07) is 17.9. The summed E-state index contributed by atoms with van der Waals surface area (Å²) in [5.74, 6) is -0.0102. The summed E-state index contributed by atoms with van der Waals surface area (Å²) in [6.07, 6.45) is 1.76. The van der Waals surface area contributed by atoms with Gasteiger partial charge in [0.25, 0.3) is 0 Å². The largest absolute Gasteiger partial charge is 0.444 e. The number of hydrogen-bond donors (Lipinski definition) is 2. The van der Waals surface area contributed by atoms with E-state index in [4.69, 9.17) is 4.74 Å². The molecule has 0 aliphatic rings. The first-order valence-electron chi connectivity index (χ1n) is 9.71. The molecule has 2 N–H and O–H groups in total. The quantitative estimate of drug-likeness (QED) is 0.481. The van der Waals surface area contributed by atoms with Crippen LogP contribution in [0, 0.1) is 0 Å². The van der Waals surface area contributed by atoms with Crippen LogP contribution in [0.25, 0.3) is 0 Å². The molecule has 0 aliphatic heterocycles. The first-order chi connectivity index (χ1) is 13.3. The second kappa shape index (κ2) is 10.5. The zero-order valence-electron chi connectivity index (χ0n) is 17.0. The van der Waals surface area contributed by atoms with Gasteiger partial charge in [-0.3, -0.25) is 4.79 Å². The van der Waals surface area contributed by atoms with Crippen molar-refractivity contribution in [3.05, 3.63) is 65.7 Å². The molecule has 150 valence electrons. The minimum Gasteiger partial charge on any atom is -0.444 e. The van der Waals surface area contributed by atoms with Crippen LogP contribution in [0.2, 0.25) is 0 Å². The van der Waals surface area contributed by atoms with E-state index in [0.717, 1.165) is 25.1 Å². The average Bonchev–Trinajstić information content (AvgIpc) is 2.65. The highest BCUT2D eigenvalue weighted by Gasteiger charge is 2.16. The molecule has 0 saturated heterocycles. The van der Waals surface area contributed by atoms with Crippen LogP contribution in [0.5, 0.6) is 0 Å². The Kier molecular flexibility index (Phi) is 8.05. The third kappa shape index (κ3) is 8.25. The molecule has 0 atom stereocenters. The molecule has 2 rings (SSSR count). The highest BCUT2D eigenvalue weighted by molar-refractivity contribution is 5.97. The molecule has 0 aromatic heterocycles. The number of benzene rings is 2. The number of Topliss-reactive ketones (excluding diaryl/α,β-unsaturated/α-hetero) is 1. The number of carbonyl (C=O) groups is 2. The minimum absolute atomic E-state index is 0.0102. The van der Waals surface area contributed by atoms with Crippen LogP contribution in [0.1, 0.15) is 49.5 Å². The minimum atomic E-state index is -0.547. The number of hydrogen-bond acceptors (Lipinski definition) is 4. The Balaban J connectivity index is 1.73. The van der Waals surface area contributed by atoms with E-state index in [1.54, 1.807) is 26.8 Å². The maximum Gasteiger partial charge on any atom is 0.407 e. The summed E-state index contributed by atoms with van der Waals surface area (Å²) in [5.41, 5.74) is 2.35. The van der Waals surface area contributed by atoms with Gasteiger partial charge in [-0.05, 0) is 51.3 Å². The van der Waals surface area contributed by atoms with Gasteiger partial charge < -0.3 is 15.4 Å². The van der Waals surface area contributed by atoms with Gasteiger partial charge >= 0.3 is 6.09 Å². The molecule has 5 heteroatoms. The molecule has 0 unspecified atom stereocenters. The van der Waals surface area contributed by atoms with Gasteiger partial charge in [-0.2, -0.15) is 0 Å². The molecule has 0 radical (unpaired) electrons. The lowest BCUT2D eigenvalue weighted by Crippen LogP contribution is -2.33. The molecule has 1 amide bonds. The van der Waals surface area contributed by atoms with Crippen molar-refractivity contribution in [2.24, 2.45) is 0 Å². The lowest BCUT2D eigenvalue weighted by Gasteiger charge is -2.19. The molecule has 0 spiro atoms. The van der Waals surface area contributed by atoms with E-state index < -0.39 is 11.7 Å². The fourth-order valence-corrected chi connectivity index (χ4v) is 2.71. The van der Waals surface area contributed by atoms with Crippen molar-refractivity contribution < 1.29 is 14.3 Å². The molecule has 0 fully saturated rings. The number of rotatable bonds is 9. The van der Waals surface area contributed by atoms with Crippen molar-refractivity contribution in [3.63, 3.8) is 0 Å². The normalized spacial score (nSPS) is 11.0. The van der Waals surface area contributed by atoms with Crippen molar-refractivity contribution >= 4 is 17.6 Å². The van der Waals surface area contributed by atoms with E-state index in [1.165, 1.54) is 5.56 Å². The maximum atomic E-state index is 12.4. The second-order valence-electron chi connectivity index (χ2n) is 7.70.